The third-order valence-electron chi connectivity index (χ3n) is 4.44. The van der Waals surface area contributed by atoms with Crippen molar-refractivity contribution in [1.29, 1.82) is 0 Å². The van der Waals surface area contributed by atoms with Crippen LogP contribution in [-0.2, 0) is 4.79 Å². The molecule has 30 heavy (non-hydrogen) atoms. The van der Waals surface area contributed by atoms with Crippen molar-refractivity contribution < 1.29 is 23.5 Å². The number of nitrogens with one attached hydrogen (secondary N) is 1. The molecule has 7 nitrogen and oxygen atoms in total. The number of ether oxygens (including phenoxy) is 2. The first-order chi connectivity index (χ1) is 14.4. The van der Waals surface area contributed by atoms with Crippen LogP contribution in [0.2, 0.25) is 0 Å². The molecule has 0 radical (unpaired) electrons. The second-order valence-electron chi connectivity index (χ2n) is 6.67. The van der Waals surface area contributed by atoms with Gasteiger partial charge in [0.2, 0.25) is 5.76 Å². The number of aryl methyl sites for hydroxylation is 2. The van der Waals surface area contributed by atoms with Crippen molar-refractivity contribution in [3.8, 4) is 11.5 Å². The molecule has 7 heteroatoms. The number of carbonyl (C=O) groups is 2. The summed E-state index contributed by atoms with van der Waals surface area (Å²) in [6.45, 7) is 5.76. The monoisotopic (exact) mass is 406 g/mol. The molecule has 0 spiro atoms. The van der Waals surface area contributed by atoms with Gasteiger partial charge in [-0.15, -0.1) is 0 Å². The van der Waals surface area contributed by atoms with Crippen LogP contribution >= 0.6 is 0 Å². The molecule has 3 rings (SSSR count). The lowest BCUT2D eigenvalue weighted by Gasteiger charge is -2.13. The van der Waals surface area contributed by atoms with Gasteiger partial charge in [-0.2, -0.15) is 5.10 Å². The van der Waals surface area contributed by atoms with Crippen LogP contribution in [0.5, 0.6) is 11.5 Å². The highest BCUT2D eigenvalue weighted by Crippen LogP contribution is 2.25. The number of esters is 1. The molecular weight excluding hydrogens is 384 g/mol. The normalized spacial score (nSPS) is 10.8. The van der Waals surface area contributed by atoms with Crippen LogP contribution in [0.25, 0.3) is 0 Å². The van der Waals surface area contributed by atoms with Crippen molar-refractivity contribution in [2.24, 2.45) is 5.10 Å². The first kappa shape index (κ1) is 20.9. The number of amides is 1. The molecule has 0 atom stereocenters. The largest absolute Gasteiger partial charge is 0.483 e. The van der Waals surface area contributed by atoms with Gasteiger partial charge in [-0.1, -0.05) is 12.1 Å². The molecule has 0 saturated heterocycles. The zero-order chi connectivity index (χ0) is 21.5. The summed E-state index contributed by atoms with van der Waals surface area (Å²) in [7, 11) is 0. The van der Waals surface area contributed by atoms with Gasteiger partial charge >= 0.3 is 5.97 Å². The second-order valence-corrected chi connectivity index (χ2v) is 6.67. The number of rotatable bonds is 7. The Morgan fingerprint density at radius 1 is 1.03 bits per heavy atom. The highest BCUT2D eigenvalue weighted by Gasteiger charge is 2.11. The smallest absolute Gasteiger partial charge is 0.379 e. The molecule has 1 heterocycles. The Bertz CT molecular complexity index is 1050. The molecule has 0 fully saturated rings. The van der Waals surface area contributed by atoms with E-state index in [2.05, 4.69) is 10.5 Å². The van der Waals surface area contributed by atoms with Gasteiger partial charge in [0, 0.05) is 0 Å². The Hall–Kier alpha value is -3.87. The maximum Gasteiger partial charge on any atom is 0.379 e. The number of carbonyl (C=O) groups excluding carboxylic acids is 2. The van der Waals surface area contributed by atoms with Crippen LogP contribution in [-0.4, -0.2) is 24.7 Å². The van der Waals surface area contributed by atoms with Gasteiger partial charge in [0.05, 0.1) is 12.5 Å². The third-order valence-corrected chi connectivity index (χ3v) is 4.44. The standard InChI is InChI=1S/C23H22N2O5/c1-15-6-7-16(2)22(17(15)3)29-14-21(26)25-24-13-18-8-10-19(11-9-18)30-23(27)20-5-4-12-28-20/h4-13H,14H2,1-3H3,(H,25,26). The number of benzene rings is 2. The molecule has 1 aromatic heterocycles. The fraction of sp³-hybridized carbons (Fsp3) is 0.174. The molecule has 2 aromatic carbocycles. The van der Waals surface area contributed by atoms with Crippen molar-refractivity contribution in [1.82, 2.24) is 5.43 Å². The number of hydrogen-bond acceptors (Lipinski definition) is 6. The SMILES string of the molecule is Cc1ccc(C)c(OCC(=O)NN=Cc2ccc(OC(=O)c3ccco3)cc2)c1C. The molecule has 0 saturated carbocycles. The maximum absolute atomic E-state index is 12.0. The van der Waals surface area contributed by atoms with E-state index in [0.717, 1.165) is 22.3 Å². The van der Waals surface area contributed by atoms with E-state index < -0.39 is 5.97 Å². The molecule has 1 N–H and O–H groups in total. The summed E-state index contributed by atoms with van der Waals surface area (Å²) in [6, 6.07) is 13.8. The molecule has 0 bridgehead atoms. The number of hydrazone groups is 1. The third kappa shape index (κ3) is 5.35. The highest BCUT2D eigenvalue weighted by molar-refractivity contribution is 5.88. The van der Waals surface area contributed by atoms with Gasteiger partial charge < -0.3 is 13.9 Å². The van der Waals surface area contributed by atoms with Gasteiger partial charge in [0.25, 0.3) is 5.91 Å². The first-order valence-corrected chi connectivity index (χ1v) is 9.31. The molecule has 3 aromatic rings. The van der Waals surface area contributed by atoms with Gasteiger partial charge in [-0.25, -0.2) is 10.2 Å². The minimum Gasteiger partial charge on any atom is -0.483 e. The zero-order valence-electron chi connectivity index (χ0n) is 17.0. The Kier molecular flexibility index (Phi) is 6.64. The summed E-state index contributed by atoms with van der Waals surface area (Å²) < 4.78 is 15.8. The Morgan fingerprint density at radius 3 is 2.47 bits per heavy atom. The predicted octanol–water partition coefficient (Wildman–Crippen LogP) is 3.95. The zero-order valence-corrected chi connectivity index (χ0v) is 17.0. The summed E-state index contributed by atoms with van der Waals surface area (Å²) in [5, 5.41) is 3.92. The van der Waals surface area contributed by atoms with Crippen molar-refractivity contribution in [3.05, 3.63) is 82.8 Å². The number of nitrogens with zero attached hydrogens (tertiary/aromatic N) is 1. The van der Waals surface area contributed by atoms with Crippen molar-refractivity contribution in [2.75, 3.05) is 6.61 Å². The summed E-state index contributed by atoms with van der Waals surface area (Å²) >= 11 is 0. The summed E-state index contributed by atoms with van der Waals surface area (Å²) in [5.74, 6) is 0.272. The van der Waals surface area contributed by atoms with E-state index >= 15 is 0 Å². The Balaban J connectivity index is 1.48. The molecule has 0 aliphatic carbocycles. The van der Waals surface area contributed by atoms with Gasteiger partial charge in [-0.05, 0) is 79.4 Å². The van der Waals surface area contributed by atoms with Crippen LogP contribution < -0.4 is 14.9 Å². The van der Waals surface area contributed by atoms with Crippen LogP contribution in [0.3, 0.4) is 0 Å². The van der Waals surface area contributed by atoms with E-state index in [9.17, 15) is 9.59 Å². The van der Waals surface area contributed by atoms with E-state index in [-0.39, 0.29) is 18.3 Å². The van der Waals surface area contributed by atoms with Crippen molar-refractivity contribution in [2.45, 2.75) is 20.8 Å². The molecule has 0 aliphatic heterocycles. The van der Waals surface area contributed by atoms with Crippen molar-refractivity contribution >= 4 is 18.1 Å². The minimum absolute atomic E-state index is 0.127. The highest BCUT2D eigenvalue weighted by atomic mass is 16.5. The fourth-order valence-electron chi connectivity index (χ4n) is 2.67. The van der Waals surface area contributed by atoms with E-state index in [4.69, 9.17) is 13.9 Å². The summed E-state index contributed by atoms with van der Waals surface area (Å²) in [6.07, 6.45) is 2.89. The molecule has 0 unspecified atom stereocenters. The topological polar surface area (TPSA) is 90.1 Å². The van der Waals surface area contributed by atoms with E-state index in [0.29, 0.717) is 11.5 Å². The number of furan rings is 1. The lowest BCUT2D eigenvalue weighted by atomic mass is 10.1. The van der Waals surface area contributed by atoms with E-state index in [1.807, 2.05) is 32.9 Å². The second kappa shape index (κ2) is 9.56. The molecule has 154 valence electrons. The van der Waals surface area contributed by atoms with E-state index in [1.165, 1.54) is 18.5 Å². The van der Waals surface area contributed by atoms with Crippen LogP contribution in [0, 0.1) is 20.8 Å². The van der Waals surface area contributed by atoms with Crippen LogP contribution in [0.15, 0.2) is 64.3 Å². The fourth-order valence-corrected chi connectivity index (χ4v) is 2.67. The van der Waals surface area contributed by atoms with Crippen molar-refractivity contribution in [3.63, 3.8) is 0 Å². The summed E-state index contributed by atoms with van der Waals surface area (Å²) in [4.78, 5) is 23.8. The van der Waals surface area contributed by atoms with E-state index in [1.54, 1.807) is 30.3 Å². The van der Waals surface area contributed by atoms with Gasteiger partial charge in [-0.3, -0.25) is 4.79 Å². The lowest BCUT2D eigenvalue weighted by Crippen LogP contribution is -2.25. The first-order valence-electron chi connectivity index (χ1n) is 9.31. The average molecular weight is 406 g/mol. The minimum atomic E-state index is -0.576. The average Bonchev–Trinajstić information content (AvgIpc) is 3.27. The maximum atomic E-state index is 12.0. The Morgan fingerprint density at radius 2 is 1.77 bits per heavy atom. The number of hydrogen-bond donors (Lipinski definition) is 1. The molecule has 0 aliphatic rings. The lowest BCUT2D eigenvalue weighted by molar-refractivity contribution is -0.123. The molecular formula is C23H22N2O5. The molecule has 1 amide bonds. The van der Waals surface area contributed by atoms with Crippen LogP contribution in [0.4, 0.5) is 0 Å². The van der Waals surface area contributed by atoms with Crippen LogP contribution in [0.1, 0.15) is 32.8 Å². The predicted molar refractivity (Wildman–Crippen MR) is 112 cm³/mol. The Labute approximate surface area is 174 Å². The van der Waals surface area contributed by atoms with Gasteiger partial charge in [0.1, 0.15) is 11.5 Å². The quantitative estimate of drug-likeness (QED) is 0.278. The summed E-state index contributed by atoms with van der Waals surface area (Å²) in [5.41, 5.74) is 6.24. The van der Waals surface area contributed by atoms with Gasteiger partial charge in [0.15, 0.2) is 6.61 Å².